The number of carbonyl (C=O) groups excluding carboxylic acids is 2. The van der Waals surface area contributed by atoms with E-state index in [1.165, 1.54) is 35.1 Å². The molecule has 0 unspecified atom stereocenters. The quantitative estimate of drug-likeness (QED) is 0.202. The monoisotopic (exact) mass is 653 g/mol. The van der Waals surface area contributed by atoms with Gasteiger partial charge in [0, 0.05) is 47.8 Å². The lowest BCUT2D eigenvalue weighted by Crippen LogP contribution is -2.35. The van der Waals surface area contributed by atoms with Crippen LogP contribution in [0.2, 0.25) is 0 Å². The number of carbonyl (C=O) groups is 2. The number of piperidine rings is 1. The van der Waals surface area contributed by atoms with Crippen molar-refractivity contribution in [3.8, 4) is 5.69 Å². The predicted molar refractivity (Wildman–Crippen MR) is 151 cm³/mol. The highest BCUT2D eigenvalue weighted by Crippen LogP contribution is 2.25. The second kappa shape index (κ2) is 12.5. The Morgan fingerprint density at radius 1 is 1.00 bits per heavy atom. The standard InChI is InChI=1S/C25H28IN5O4S2/c1-18(32)27-14-13-24-28-29-25(31(24)21-9-7-20(26)8-10-21)36-17-23(33)19-5-11-22(12-6-19)37(34,35)30-15-3-2-4-16-30/h5-12H,2-4,13-17H2,1H3,(H,27,32). The summed E-state index contributed by atoms with van der Waals surface area (Å²) in [4.78, 5) is 24.4. The number of Topliss-reactive ketones (excluding diaryl/α,β-unsaturated/α-hetero) is 1. The van der Waals surface area contributed by atoms with Gasteiger partial charge in [0.1, 0.15) is 5.82 Å². The van der Waals surface area contributed by atoms with Gasteiger partial charge in [-0.3, -0.25) is 14.2 Å². The van der Waals surface area contributed by atoms with Gasteiger partial charge in [-0.15, -0.1) is 10.2 Å². The lowest BCUT2D eigenvalue weighted by Gasteiger charge is -2.25. The number of nitrogens with zero attached hydrogens (tertiary/aromatic N) is 4. The highest BCUT2D eigenvalue weighted by atomic mass is 127. The predicted octanol–water partition coefficient (Wildman–Crippen LogP) is 3.70. The van der Waals surface area contributed by atoms with E-state index in [2.05, 4.69) is 38.1 Å². The maximum absolute atomic E-state index is 12.9. The van der Waals surface area contributed by atoms with Gasteiger partial charge in [0.2, 0.25) is 15.9 Å². The Balaban J connectivity index is 1.47. The zero-order chi connectivity index (χ0) is 26.4. The number of sulfonamides is 1. The van der Waals surface area contributed by atoms with Gasteiger partial charge < -0.3 is 5.32 Å². The molecule has 1 aliphatic heterocycles. The normalized spacial score (nSPS) is 14.4. The molecule has 0 spiro atoms. The topological polar surface area (TPSA) is 114 Å². The van der Waals surface area contributed by atoms with Crippen LogP contribution in [0.1, 0.15) is 42.4 Å². The van der Waals surface area contributed by atoms with Crippen LogP contribution in [0.4, 0.5) is 0 Å². The molecule has 2 aromatic carbocycles. The molecule has 196 valence electrons. The van der Waals surface area contributed by atoms with Crippen molar-refractivity contribution in [1.29, 1.82) is 0 Å². The molecule has 1 saturated heterocycles. The third-order valence-corrected chi connectivity index (χ3v) is 9.53. The second-order valence-electron chi connectivity index (χ2n) is 8.64. The number of nitrogens with one attached hydrogen (secondary N) is 1. The number of ketones is 1. The van der Waals surface area contributed by atoms with Crippen molar-refractivity contribution in [2.45, 2.75) is 42.7 Å². The van der Waals surface area contributed by atoms with E-state index in [9.17, 15) is 18.0 Å². The number of aromatic nitrogens is 3. The van der Waals surface area contributed by atoms with Crippen LogP contribution in [-0.2, 0) is 21.2 Å². The minimum absolute atomic E-state index is 0.115. The molecule has 1 N–H and O–H groups in total. The Morgan fingerprint density at radius 3 is 2.32 bits per heavy atom. The van der Waals surface area contributed by atoms with Gasteiger partial charge >= 0.3 is 0 Å². The molecule has 0 bridgehead atoms. The summed E-state index contributed by atoms with van der Waals surface area (Å²) in [7, 11) is -3.54. The Kier molecular flexibility index (Phi) is 9.37. The number of rotatable bonds is 10. The molecule has 0 aliphatic carbocycles. The largest absolute Gasteiger partial charge is 0.356 e. The summed E-state index contributed by atoms with van der Waals surface area (Å²) >= 11 is 3.50. The molecule has 3 aromatic rings. The van der Waals surface area contributed by atoms with Gasteiger partial charge in [-0.1, -0.05) is 30.3 Å². The van der Waals surface area contributed by atoms with Crippen molar-refractivity contribution in [2.24, 2.45) is 0 Å². The Bertz CT molecular complexity index is 1350. The molecule has 1 aromatic heterocycles. The first-order chi connectivity index (χ1) is 17.8. The number of amides is 1. The number of benzene rings is 2. The number of thioether (sulfide) groups is 1. The molecule has 37 heavy (non-hydrogen) atoms. The van der Waals surface area contributed by atoms with Crippen LogP contribution in [0.5, 0.6) is 0 Å². The Labute approximate surface area is 234 Å². The van der Waals surface area contributed by atoms with Crippen molar-refractivity contribution >= 4 is 56.1 Å². The smallest absolute Gasteiger partial charge is 0.243 e. The first-order valence-corrected chi connectivity index (χ1v) is 15.5. The Morgan fingerprint density at radius 2 is 1.68 bits per heavy atom. The number of hydrogen-bond acceptors (Lipinski definition) is 7. The van der Waals surface area contributed by atoms with Crippen molar-refractivity contribution in [3.05, 3.63) is 63.5 Å². The maximum atomic E-state index is 12.9. The summed E-state index contributed by atoms with van der Waals surface area (Å²) in [6, 6.07) is 14.0. The molecule has 0 radical (unpaired) electrons. The van der Waals surface area contributed by atoms with E-state index in [-0.39, 0.29) is 22.3 Å². The van der Waals surface area contributed by atoms with Gasteiger partial charge in [-0.05, 0) is 71.8 Å². The van der Waals surface area contributed by atoms with E-state index in [0.717, 1.165) is 28.5 Å². The van der Waals surface area contributed by atoms with Crippen LogP contribution in [0.15, 0.2) is 58.6 Å². The molecule has 1 aliphatic rings. The summed E-state index contributed by atoms with van der Waals surface area (Å²) < 4.78 is 30.3. The highest BCUT2D eigenvalue weighted by molar-refractivity contribution is 14.1. The van der Waals surface area contributed by atoms with Crippen LogP contribution in [-0.4, -0.2) is 64.6 Å². The van der Waals surface area contributed by atoms with Crippen molar-refractivity contribution < 1.29 is 18.0 Å². The lowest BCUT2D eigenvalue weighted by molar-refractivity contribution is -0.118. The fourth-order valence-corrected chi connectivity index (χ4v) is 6.78. The average molecular weight is 654 g/mol. The van der Waals surface area contributed by atoms with E-state index in [4.69, 9.17) is 0 Å². The minimum Gasteiger partial charge on any atom is -0.356 e. The van der Waals surface area contributed by atoms with Crippen LogP contribution in [0.3, 0.4) is 0 Å². The molecule has 12 heteroatoms. The summed E-state index contributed by atoms with van der Waals surface area (Å²) in [6.07, 6.45) is 3.27. The van der Waals surface area contributed by atoms with Gasteiger partial charge in [-0.25, -0.2) is 8.42 Å². The number of hydrogen-bond donors (Lipinski definition) is 1. The van der Waals surface area contributed by atoms with Crippen molar-refractivity contribution in [2.75, 3.05) is 25.4 Å². The highest BCUT2D eigenvalue weighted by Gasteiger charge is 2.26. The third kappa shape index (κ3) is 6.98. The maximum Gasteiger partial charge on any atom is 0.243 e. The first-order valence-electron chi connectivity index (χ1n) is 12.0. The molecule has 1 amide bonds. The van der Waals surface area contributed by atoms with Crippen LogP contribution >= 0.6 is 34.4 Å². The SMILES string of the molecule is CC(=O)NCCc1nnc(SCC(=O)c2ccc(S(=O)(=O)N3CCCCC3)cc2)n1-c1ccc(I)cc1. The molecule has 0 atom stereocenters. The Hall–Kier alpha value is -2.29. The van der Waals surface area contributed by atoms with Crippen LogP contribution < -0.4 is 5.32 Å². The van der Waals surface area contributed by atoms with Gasteiger partial charge in [0.15, 0.2) is 10.9 Å². The van der Waals surface area contributed by atoms with Gasteiger partial charge in [0.05, 0.1) is 10.6 Å². The lowest BCUT2D eigenvalue weighted by atomic mass is 10.1. The van der Waals surface area contributed by atoms with E-state index < -0.39 is 10.0 Å². The van der Waals surface area contributed by atoms with Crippen molar-refractivity contribution in [3.63, 3.8) is 0 Å². The third-order valence-electron chi connectivity index (χ3n) is 5.97. The fourth-order valence-electron chi connectivity index (χ4n) is 4.04. The molecule has 0 saturated carbocycles. The van der Waals surface area contributed by atoms with E-state index in [1.54, 1.807) is 12.1 Å². The van der Waals surface area contributed by atoms with Gasteiger partial charge in [0.25, 0.3) is 0 Å². The fraction of sp³-hybridized carbons (Fsp3) is 0.360. The van der Waals surface area contributed by atoms with Crippen LogP contribution in [0, 0.1) is 3.57 Å². The molecular formula is C25H28IN5O4S2. The minimum atomic E-state index is -3.54. The zero-order valence-corrected chi connectivity index (χ0v) is 24.2. The molecule has 4 rings (SSSR count). The number of halogens is 1. The van der Waals surface area contributed by atoms with E-state index in [1.807, 2.05) is 28.8 Å². The summed E-state index contributed by atoms with van der Waals surface area (Å²) in [5.74, 6) is 0.545. The average Bonchev–Trinajstić information content (AvgIpc) is 3.30. The summed E-state index contributed by atoms with van der Waals surface area (Å²) in [6.45, 7) is 2.96. The van der Waals surface area contributed by atoms with Crippen molar-refractivity contribution in [1.82, 2.24) is 24.4 Å². The molecule has 2 heterocycles. The van der Waals surface area contributed by atoms with E-state index >= 15 is 0 Å². The molecule has 9 nitrogen and oxygen atoms in total. The first kappa shape index (κ1) is 27.7. The molecular weight excluding hydrogens is 625 g/mol. The summed E-state index contributed by atoms with van der Waals surface area (Å²) in [5.41, 5.74) is 1.31. The molecule has 1 fully saturated rings. The van der Waals surface area contributed by atoms with E-state index in [0.29, 0.717) is 42.6 Å². The summed E-state index contributed by atoms with van der Waals surface area (Å²) in [5, 5.41) is 11.9. The van der Waals surface area contributed by atoms with Gasteiger partial charge in [-0.2, -0.15) is 4.31 Å². The zero-order valence-electron chi connectivity index (χ0n) is 20.4. The second-order valence-corrected chi connectivity index (χ2v) is 12.8. The van der Waals surface area contributed by atoms with Crippen LogP contribution in [0.25, 0.3) is 5.69 Å².